The summed E-state index contributed by atoms with van der Waals surface area (Å²) in [7, 11) is -4.29. The first-order valence-corrected chi connectivity index (χ1v) is 23.8. The number of hydrogen-bond donors (Lipinski definition) is 2. The number of phosphoric ester groups is 1. The second-order valence-corrected chi connectivity index (χ2v) is 16.0. The second-order valence-electron chi connectivity index (χ2n) is 14.6. The van der Waals surface area contributed by atoms with Gasteiger partial charge in [-0.2, -0.15) is 0 Å². The lowest BCUT2D eigenvalue weighted by Gasteiger charge is -2.20. The molecule has 0 heterocycles. The number of carbonyl (C=O) groups excluding carboxylic acids is 1. The van der Waals surface area contributed by atoms with Gasteiger partial charge in [0.2, 0.25) is 0 Å². The summed E-state index contributed by atoms with van der Waals surface area (Å²) in [6, 6.07) is 0. The number of ether oxygens (including phenoxy) is 2. The first-order valence-electron chi connectivity index (χ1n) is 22.3. The van der Waals surface area contributed by atoms with Crippen LogP contribution in [0.1, 0.15) is 187 Å². The molecule has 8 nitrogen and oxygen atoms in total. The highest BCUT2D eigenvalue weighted by Crippen LogP contribution is 2.43. The number of nitrogens with two attached hydrogens (primary N) is 1. The van der Waals surface area contributed by atoms with E-state index in [4.69, 9.17) is 24.3 Å². The first-order chi connectivity index (χ1) is 26.9. The van der Waals surface area contributed by atoms with Crippen LogP contribution in [0, 0.1) is 0 Å². The van der Waals surface area contributed by atoms with E-state index in [2.05, 4.69) is 74.6 Å². The molecule has 0 aliphatic rings. The molecule has 2 unspecified atom stereocenters. The highest BCUT2D eigenvalue weighted by atomic mass is 31.2. The van der Waals surface area contributed by atoms with Crippen molar-refractivity contribution < 1.29 is 32.8 Å². The van der Waals surface area contributed by atoms with Crippen LogP contribution < -0.4 is 5.73 Å². The van der Waals surface area contributed by atoms with Gasteiger partial charge in [-0.3, -0.25) is 13.8 Å². The number of phosphoric acid groups is 1. The van der Waals surface area contributed by atoms with E-state index in [1.165, 1.54) is 89.9 Å². The van der Waals surface area contributed by atoms with Crippen molar-refractivity contribution in [1.29, 1.82) is 0 Å². The highest BCUT2D eigenvalue weighted by molar-refractivity contribution is 7.47. The average Bonchev–Trinajstić information content (AvgIpc) is 3.17. The SMILES string of the molecule is CCCC/C=C\C/C=C\CCCCCCCC(=O)OC(COCCCCCCCCC/C=C\C/C=C\C/C=C\CCCCCCC)COP(=O)(O)OCCN. The number of allylic oxidation sites excluding steroid dienone is 10. The Kier molecular flexibility index (Phi) is 41.9. The van der Waals surface area contributed by atoms with Gasteiger partial charge >= 0.3 is 13.8 Å². The number of esters is 1. The maximum Gasteiger partial charge on any atom is 0.472 e. The molecule has 0 amide bonds. The van der Waals surface area contributed by atoms with Crippen molar-refractivity contribution in [3.05, 3.63) is 60.8 Å². The van der Waals surface area contributed by atoms with Crippen molar-refractivity contribution in [2.45, 2.75) is 193 Å². The van der Waals surface area contributed by atoms with E-state index >= 15 is 0 Å². The zero-order valence-electron chi connectivity index (χ0n) is 35.4. The number of carbonyl (C=O) groups is 1. The molecule has 0 radical (unpaired) electrons. The number of hydrogen-bond acceptors (Lipinski definition) is 7. The fourth-order valence-electron chi connectivity index (χ4n) is 5.84. The van der Waals surface area contributed by atoms with Gasteiger partial charge in [-0.1, -0.05) is 164 Å². The van der Waals surface area contributed by atoms with Gasteiger partial charge in [0.15, 0.2) is 0 Å². The maximum atomic E-state index is 12.6. The van der Waals surface area contributed by atoms with Crippen LogP contribution in [0.5, 0.6) is 0 Å². The molecule has 9 heteroatoms. The van der Waals surface area contributed by atoms with E-state index < -0.39 is 13.9 Å². The summed E-state index contributed by atoms with van der Waals surface area (Å²) < 4.78 is 33.4. The van der Waals surface area contributed by atoms with Crippen LogP contribution in [-0.2, 0) is 27.9 Å². The van der Waals surface area contributed by atoms with Crippen LogP contribution in [0.2, 0.25) is 0 Å². The van der Waals surface area contributed by atoms with E-state index in [0.717, 1.165) is 77.0 Å². The summed E-state index contributed by atoms with van der Waals surface area (Å²) in [5.41, 5.74) is 5.37. The molecular formula is C46H84NO7P. The van der Waals surface area contributed by atoms with Crippen LogP contribution in [0.3, 0.4) is 0 Å². The van der Waals surface area contributed by atoms with Crippen molar-refractivity contribution >= 4 is 13.8 Å². The molecule has 0 aromatic carbocycles. The van der Waals surface area contributed by atoms with Gasteiger partial charge in [0.25, 0.3) is 0 Å². The standard InChI is InChI=1S/C46H84NO7P/c1-3-5-7-9-11-13-15-17-19-20-21-22-23-24-25-26-28-30-32-34-36-38-41-51-43-45(44-53-55(49,50)52-42-40-47)54-46(48)39-37-35-33-31-29-27-18-16-14-12-10-8-6-4-2/h10,12,15-18,20-21,23-24,45H,3-9,11,13-14,19,22,25-44,47H2,1-2H3,(H,49,50)/b12-10-,17-15-,18-16-,21-20-,24-23-. The van der Waals surface area contributed by atoms with Crippen molar-refractivity contribution in [3.63, 3.8) is 0 Å². The minimum atomic E-state index is -4.29. The van der Waals surface area contributed by atoms with Gasteiger partial charge in [0, 0.05) is 19.6 Å². The minimum Gasteiger partial charge on any atom is -0.457 e. The van der Waals surface area contributed by atoms with Gasteiger partial charge in [0.05, 0.1) is 19.8 Å². The van der Waals surface area contributed by atoms with Crippen molar-refractivity contribution in [2.24, 2.45) is 5.73 Å². The van der Waals surface area contributed by atoms with E-state index in [-0.39, 0.29) is 32.3 Å². The fraction of sp³-hybridized carbons (Fsp3) is 0.761. The summed E-state index contributed by atoms with van der Waals surface area (Å²) in [5.74, 6) is -0.350. The zero-order valence-corrected chi connectivity index (χ0v) is 36.3. The van der Waals surface area contributed by atoms with Gasteiger partial charge in [-0.15, -0.1) is 0 Å². The van der Waals surface area contributed by atoms with Gasteiger partial charge < -0.3 is 20.1 Å². The fourth-order valence-corrected chi connectivity index (χ4v) is 6.61. The van der Waals surface area contributed by atoms with Crippen molar-refractivity contribution in [2.75, 3.05) is 33.0 Å². The van der Waals surface area contributed by atoms with Crippen LogP contribution >= 0.6 is 7.82 Å². The summed E-state index contributed by atoms with van der Waals surface area (Å²) in [4.78, 5) is 22.5. The molecule has 0 fully saturated rings. The molecule has 2 atom stereocenters. The molecule has 0 aliphatic carbocycles. The van der Waals surface area contributed by atoms with Crippen LogP contribution in [0.4, 0.5) is 0 Å². The van der Waals surface area contributed by atoms with Gasteiger partial charge in [-0.25, -0.2) is 4.57 Å². The quantitative estimate of drug-likeness (QED) is 0.0271. The molecule has 0 bridgehead atoms. The monoisotopic (exact) mass is 794 g/mol. The average molecular weight is 794 g/mol. The Labute approximate surface area is 338 Å². The molecule has 3 N–H and O–H groups in total. The molecule has 0 rings (SSSR count). The summed E-state index contributed by atoms with van der Waals surface area (Å²) in [6.45, 7) is 4.82. The predicted molar refractivity (Wildman–Crippen MR) is 233 cm³/mol. The Morgan fingerprint density at radius 2 is 0.982 bits per heavy atom. The number of rotatable bonds is 42. The first kappa shape index (κ1) is 53.2. The molecule has 0 aliphatic heterocycles. The Bertz CT molecular complexity index is 1030. The topological polar surface area (TPSA) is 117 Å². The molecular weight excluding hydrogens is 709 g/mol. The largest absolute Gasteiger partial charge is 0.472 e. The number of unbranched alkanes of at least 4 members (excludes halogenated alkanes) is 19. The van der Waals surface area contributed by atoms with E-state index in [9.17, 15) is 14.3 Å². The lowest BCUT2D eigenvalue weighted by molar-refractivity contribution is -0.154. The van der Waals surface area contributed by atoms with E-state index in [1.807, 2.05) is 0 Å². The summed E-state index contributed by atoms with van der Waals surface area (Å²) >= 11 is 0. The van der Waals surface area contributed by atoms with E-state index in [0.29, 0.717) is 13.0 Å². The van der Waals surface area contributed by atoms with Crippen molar-refractivity contribution in [3.8, 4) is 0 Å². The third-order valence-electron chi connectivity index (χ3n) is 9.16. The smallest absolute Gasteiger partial charge is 0.457 e. The third-order valence-corrected chi connectivity index (χ3v) is 10.1. The Balaban J connectivity index is 4.04. The molecule has 0 aromatic rings. The molecule has 0 aromatic heterocycles. The Hall–Kier alpha value is -1.80. The normalized spacial score (nSPS) is 14.0. The molecule has 0 saturated carbocycles. The van der Waals surface area contributed by atoms with Crippen LogP contribution in [0.25, 0.3) is 0 Å². The van der Waals surface area contributed by atoms with Gasteiger partial charge in [-0.05, 0) is 77.0 Å². The van der Waals surface area contributed by atoms with Crippen molar-refractivity contribution in [1.82, 2.24) is 0 Å². The van der Waals surface area contributed by atoms with Crippen LogP contribution in [-0.4, -0.2) is 49.9 Å². The lowest BCUT2D eigenvalue weighted by Crippen LogP contribution is -2.28. The van der Waals surface area contributed by atoms with E-state index in [1.54, 1.807) is 0 Å². The maximum absolute atomic E-state index is 12.6. The minimum absolute atomic E-state index is 0.0935. The zero-order chi connectivity index (χ0) is 40.2. The Morgan fingerprint density at radius 1 is 0.545 bits per heavy atom. The second kappa shape index (κ2) is 43.3. The van der Waals surface area contributed by atoms with Gasteiger partial charge in [0.1, 0.15) is 6.10 Å². The van der Waals surface area contributed by atoms with Crippen LogP contribution in [0.15, 0.2) is 60.8 Å². The molecule has 0 saturated heterocycles. The Morgan fingerprint density at radius 3 is 1.49 bits per heavy atom. The lowest BCUT2D eigenvalue weighted by atomic mass is 10.1. The summed E-state index contributed by atoms with van der Waals surface area (Å²) in [5, 5.41) is 0. The third kappa shape index (κ3) is 43.2. The molecule has 0 spiro atoms. The molecule has 320 valence electrons. The highest BCUT2D eigenvalue weighted by Gasteiger charge is 2.25. The molecule has 55 heavy (non-hydrogen) atoms. The predicted octanol–water partition coefficient (Wildman–Crippen LogP) is 13.4. The summed E-state index contributed by atoms with van der Waals surface area (Å²) in [6.07, 6.45) is 52.4.